The fourth-order valence-corrected chi connectivity index (χ4v) is 2.00. The van der Waals surface area contributed by atoms with Gasteiger partial charge in [0.05, 0.1) is 6.54 Å². The van der Waals surface area contributed by atoms with E-state index in [1.807, 2.05) is 36.7 Å². The third-order valence-electron chi connectivity index (χ3n) is 2.92. The summed E-state index contributed by atoms with van der Waals surface area (Å²) in [5.74, 6) is 1.14. The third kappa shape index (κ3) is 2.47. The lowest BCUT2D eigenvalue weighted by molar-refractivity contribution is 0.475. The quantitative estimate of drug-likeness (QED) is 0.778. The van der Waals surface area contributed by atoms with E-state index >= 15 is 0 Å². The molecule has 3 rings (SSSR count). The molecule has 4 heteroatoms. The van der Waals surface area contributed by atoms with E-state index in [0.717, 1.165) is 23.5 Å². The van der Waals surface area contributed by atoms with E-state index in [4.69, 9.17) is 0 Å². The van der Waals surface area contributed by atoms with Crippen LogP contribution in [0.4, 0.5) is 0 Å². The predicted molar refractivity (Wildman–Crippen MR) is 72.7 cm³/mol. The van der Waals surface area contributed by atoms with E-state index in [0.29, 0.717) is 0 Å². The second-order valence-electron chi connectivity index (χ2n) is 4.29. The Morgan fingerprint density at radius 3 is 2.63 bits per heavy atom. The van der Waals surface area contributed by atoms with Crippen LogP contribution in [0.15, 0.2) is 61.2 Å². The summed E-state index contributed by atoms with van der Waals surface area (Å²) in [5, 5.41) is 9.32. The molecule has 0 unspecified atom stereocenters. The Kier molecular flexibility index (Phi) is 2.98. The topological polar surface area (TPSA) is 50.9 Å². The van der Waals surface area contributed by atoms with Gasteiger partial charge in [-0.3, -0.25) is 4.98 Å². The molecule has 3 aromatic rings. The second kappa shape index (κ2) is 4.94. The first kappa shape index (κ1) is 11.5. The van der Waals surface area contributed by atoms with Crippen molar-refractivity contribution in [1.82, 2.24) is 14.5 Å². The number of nitrogens with zero attached hydrogens (tertiary/aromatic N) is 3. The number of hydrogen-bond donors (Lipinski definition) is 1. The maximum absolute atomic E-state index is 9.32. The Labute approximate surface area is 111 Å². The molecule has 0 saturated heterocycles. The van der Waals surface area contributed by atoms with Crippen molar-refractivity contribution in [2.24, 2.45) is 0 Å². The highest BCUT2D eigenvalue weighted by atomic mass is 16.3. The van der Waals surface area contributed by atoms with Crippen LogP contribution in [-0.4, -0.2) is 19.6 Å². The Morgan fingerprint density at radius 2 is 1.89 bits per heavy atom. The van der Waals surface area contributed by atoms with Crippen molar-refractivity contribution < 1.29 is 5.11 Å². The zero-order valence-electron chi connectivity index (χ0n) is 10.3. The number of aromatic nitrogens is 3. The minimum absolute atomic E-state index is 0.258. The van der Waals surface area contributed by atoms with Gasteiger partial charge in [0.25, 0.3) is 0 Å². The van der Waals surface area contributed by atoms with Gasteiger partial charge in [-0.05, 0) is 35.9 Å². The van der Waals surface area contributed by atoms with Crippen molar-refractivity contribution in [3.05, 3.63) is 66.7 Å². The Bertz CT molecular complexity index is 659. The number of phenols is 1. The molecule has 2 heterocycles. The molecule has 0 fully saturated rings. The van der Waals surface area contributed by atoms with E-state index in [9.17, 15) is 5.11 Å². The minimum Gasteiger partial charge on any atom is -0.508 e. The molecule has 0 aliphatic heterocycles. The zero-order chi connectivity index (χ0) is 13.1. The fourth-order valence-electron chi connectivity index (χ4n) is 2.00. The summed E-state index contributed by atoms with van der Waals surface area (Å²) >= 11 is 0. The average molecular weight is 251 g/mol. The van der Waals surface area contributed by atoms with Crippen molar-refractivity contribution >= 4 is 0 Å². The summed E-state index contributed by atoms with van der Waals surface area (Å²) in [5.41, 5.74) is 2.10. The first-order chi connectivity index (χ1) is 9.33. The number of rotatable bonds is 3. The van der Waals surface area contributed by atoms with Gasteiger partial charge in [-0.25, -0.2) is 4.98 Å². The summed E-state index contributed by atoms with van der Waals surface area (Å²) in [6.07, 6.45) is 7.33. The molecule has 1 aromatic carbocycles. The molecule has 0 aliphatic carbocycles. The van der Waals surface area contributed by atoms with Crippen LogP contribution < -0.4 is 0 Å². The number of aromatic hydroxyl groups is 1. The summed E-state index contributed by atoms with van der Waals surface area (Å²) in [7, 11) is 0. The molecule has 0 atom stereocenters. The Hall–Kier alpha value is -2.62. The number of imidazole rings is 1. The van der Waals surface area contributed by atoms with E-state index in [1.54, 1.807) is 24.5 Å². The molecular weight excluding hydrogens is 238 g/mol. The summed E-state index contributed by atoms with van der Waals surface area (Å²) in [6.45, 7) is 0.726. The maximum atomic E-state index is 9.32. The van der Waals surface area contributed by atoms with Gasteiger partial charge in [0.15, 0.2) is 0 Å². The number of hydrogen-bond acceptors (Lipinski definition) is 3. The highest BCUT2D eigenvalue weighted by Gasteiger charge is 2.06. The molecule has 0 bridgehead atoms. The second-order valence-corrected chi connectivity index (χ2v) is 4.29. The molecule has 0 spiro atoms. The number of pyridine rings is 1. The highest BCUT2D eigenvalue weighted by Crippen LogP contribution is 2.21. The molecule has 0 aliphatic rings. The van der Waals surface area contributed by atoms with Gasteiger partial charge < -0.3 is 9.67 Å². The Morgan fingerprint density at radius 1 is 1.05 bits per heavy atom. The molecule has 0 saturated carbocycles. The molecular formula is C15H13N3O. The van der Waals surface area contributed by atoms with Crippen LogP contribution >= 0.6 is 0 Å². The van der Waals surface area contributed by atoms with Gasteiger partial charge in [-0.1, -0.05) is 6.07 Å². The van der Waals surface area contributed by atoms with Gasteiger partial charge in [0, 0.05) is 30.4 Å². The van der Waals surface area contributed by atoms with Crippen LogP contribution in [0.25, 0.3) is 11.4 Å². The third-order valence-corrected chi connectivity index (χ3v) is 2.92. The van der Waals surface area contributed by atoms with E-state index < -0.39 is 0 Å². The van der Waals surface area contributed by atoms with Crippen LogP contribution in [0.2, 0.25) is 0 Å². The van der Waals surface area contributed by atoms with Crippen LogP contribution in [-0.2, 0) is 6.54 Å². The van der Waals surface area contributed by atoms with Crippen LogP contribution in [0.5, 0.6) is 5.75 Å². The molecule has 94 valence electrons. The zero-order valence-corrected chi connectivity index (χ0v) is 10.3. The monoisotopic (exact) mass is 251 g/mol. The molecule has 1 N–H and O–H groups in total. The van der Waals surface area contributed by atoms with Crippen LogP contribution in [0.3, 0.4) is 0 Å². The molecule has 2 aromatic heterocycles. The van der Waals surface area contributed by atoms with E-state index in [1.165, 1.54) is 0 Å². The molecule has 0 amide bonds. The lowest BCUT2D eigenvalue weighted by atomic mass is 10.2. The highest BCUT2D eigenvalue weighted by molar-refractivity contribution is 5.56. The van der Waals surface area contributed by atoms with Crippen molar-refractivity contribution in [2.75, 3.05) is 0 Å². The average Bonchev–Trinajstić information content (AvgIpc) is 2.89. The lowest BCUT2D eigenvalue weighted by Crippen LogP contribution is -2.01. The maximum Gasteiger partial charge on any atom is 0.140 e. The molecule has 4 nitrogen and oxygen atoms in total. The fraction of sp³-hybridized carbons (Fsp3) is 0.0667. The van der Waals surface area contributed by atoms with Crippen molar-refractivity contribution in [1.29, 1.82) is 0 Å². The predicted octanol–water partition coefficient (Wildman–Crippen LogP) is 2.70. The Balaban J connectivity index is 1.92. The largest absolute Gasteiger partial charge is 0.508 e. The van der Waals surface area contributed by atoms with Crippen LogP contribution in [0, 0.1) is 0 Å². The summed E-state index contributed by atoms with van der Waals surface area (Å²) < 4.78 is 2.06. The van der Waals surface area contributed by atoms with Gasteiger partial charge in [0.2, 0.25) is 0 Å². The smallest absolute Gasteiger partial charge is 0.140 e. The normalized spacial score (nSPS) is 10.5. The lowest BCUT2D eigenvalue weighted by Gasteiger charge is -2.07. The first-order valence-corrected chi connectivity index (χ1v) is 6.02. The van der Waals surface area contributed by atoms with Crippen LogP contribution in [0.1, 0.15) is 5.56 Å². The van der Waals surface area contributed by atoms with Crippen molar-refractivity contribution in [3.8, 4) is 17.1 Å². The van der Waals surface area contributed by atoms with Crippen molar-refractivity contribution in [3.63, 3.8) is 0 Å². The van der Waals surface area contributed by atoms with Gasteiger partial charge in [0.1, 0.15) is 11.6 Å². The SMILES string of the molecule is Oc1ccc(-c2nccn2Cc2cccnc2)cc1. The first-order valence-electron chi connectivity index (χ1n) is 6.02. The van der Waals surface area contributed by atoms with E-state index in [2.05, 4.69) is 14.5 Å². The summed E-state index contributed by atoms with van der Waals surface area (Å²) in [6, 6.07) is 11.0. The minimum atomic E-state index is 0.258. The molecule has 0 radical (unpaired) electrons. The number of phenolic OH excluding ortho intramolecular Hbond substituents is 1. The standard InChI is InChI=1S/C15H13N3O/c19-14-5-3-13(4-6-14)15-17-8-9-18(15)11-12-2-1-7-16-10-12/h1-10,19H,11H2. The van der Waals surface area contributed by atoms with Gasteiger partial charge >= 0.3 is 0 Å². The van der Waals surface area contributed by atoms with E-state index in [-0.39, 0.29) is 5.75 Å². The summed E-state index contributed by atoms with van der Waals surface area (Å²) in [4.78, 5) is 8.49. The number of benzene rings is 1. The van der Waals surface area contributed by atoms with Gasteiger partial charge in [-0.2, -0.15) is 0 Å². The molecule has 19 heavy (non-hydrogen) atoms. The van der Waals surface area contributed by atoms with Gasteiger partial charge in [-0.15, -0.1) is 0 Å². The van der Waals surface area contributed by atoms with Crippen molar-refractivity contribution in [2.45, 2.75) is 6.54 Å².